The molecule has 0 aromatic heterocycles. The van der Waals surface area contributed by atoms with E-state index in [2.05, 4.69) is 10.6 Å². The summed E-state index contributed by atoms with van der Waals surface area (Å²) in [5.41, 5.74) is 0.636. The molecule has 0 unspecified atom stereocenters. The lowest BCUT2D eigenvalue weighted by Gasteiger charge is -2.17. The summed E-state index contributed by atoms with van der Waals surface area (Å²) in [5.74, 6) is -2.19. The first-order valence-electron chi connectivity index (χ1n) is 9.67. The van der Waals surface area contributed by atoms with Gasteiger partial charge in [0.1, 0.15) is 16.5 Å². The van der Waals surface area contributed by atoms with E-state index in [0.29, 0.717) is 10.7 Å². The van der Waals surface area contributed by atoms with Gasteiger partial charge < -0.3 is 15.7 Å². The van der Waals surface area contributed by atoms with Gasteiger partial charge in [-0.1, -0.05) is 58.0 Å². The number of phenolic OH excluding ortho intramolecular Hbond substituents is 1. The maximum Gasteiger partial charge on any atom is 0.283 e. The Morgan fingerprint density at radius 3 is 2.14 bits per heavy atom. The van der Waals surface area contributed by atoms with Crippen LogP contribution in [-0.2, 0) is 9.59 Å². The molecule has 1 aliphatic rings. The molecule has 4 rings (SSSR count). The number of phenols is 1. The lowest BCUT2D eigenvalue weighted by molar-refractivity contribution is -0.120. The molecule has 12 heteroatoms. The molecule has 3 aromatic rings. The average Bonchev–Trinajstić information content (AvgIpc) is 3.02. The number of hydrogen-bond donors (Lipinski definition) is 3. The second kappa shape index (κ2) is 9.97. The SMILES string of the molecule is O=C(Nc1cc(Cl)ccc1O)c1ccc(NC2=C(Cl)C(=O)N(c3cc(Cl)c(Cl)cc3Cl)C2=O)cc1. The Hall–Kier alpha value is -2.94. The van der Waals surface area contributed by atoms with Gasteiger partial charge in [-0.15, -0.1) is 0 Å². The van der Waals surface area contributed by atoms with Gasteiger partial charge in [0.2, 0.25) is 0 Å². The Bertz CT molecular complexity index is 1420. The van der Waals surface area contributed by atoms with Crippen LogP contribution in [0.4, 0.5) is 17.1 Å². The molecule has 0 saturated carbocycles. The Morgan fingerprint density at radius 2 is 1.46 bits per heavy atom. The third-order valence-electron chi connectivity index (χ3n) is 4.88. The van der Waals surface area contributed by atoms with Gasteiger partial charge in [0.25, 0.3) is 17.7 Å². The Labute approximate surface area is 223 Å². The van der Waals surface area contributed by atoms with Crippen molar-refractivity contribution in [2.45, 2.75) is 0 Å². The van der Waals surface area contributed by atoms with Gasteiger partial charge in [0.05, 0.1) is 26.4 Å². The molecule has 1 aliphatic heterocycles. The first-order chi connectivity index (χ1) is 16.6. The fraction of sp³-hybridized carbons (Fsp3) is 0. The third kappa shape index (κ3) is 5.05. The lowest BCUT2D eigenvalue weighted by atomic mass is 10.1. The molecule has 178 valence electrons. The lowest BCUT2D eigenvalue weighted by Crippen LogP contribution is -2.32. The minimum absolute atomic E-state index is 0.0299. The highest BCUT2D eigenvalue weighted by atomic mass is 35.5. The van der Waals surface area contributed by atoms with E-state index in [1.807, 2.05) is 0 Å². The normalized spacial score (nSPS) is 13.5. The summed E-state index contributed by atoms with van der Waals surface area (Å²) < 4.78 is 0. The van der Waals surface area contributed by atoms with E-state index in [0.717, 1.165) is 4.90 Å². The quantitative estimate of drug-likeness (QED) is 0.180. The number of halogens is 5. The van der Waals surface area contributed by atoms with Crippen molar-refractivity contribution in [1.82, 2.24) is 0 Å². The zero-order chi connectivity index (χ0) is 25.4. The van der Waals surface area contributed by atoms with Gasteiger partial charge in [-0.05, 0) is 54.6 Å². The standard InChI is InChI=1S/C23H12Cl5N3O4/c24-11-3-6-18(32)16(7-11)30-21(33)10-1-4-12(5-2-10)29-20-19(28)22(34)31(23(20)35)17-9-14(26)13(25)8-15(17)27/h1-9,29,32H,(H,30,33). The van der Waals surface area contributed by atoms with Crippen molar-refractivity contribution in [3.63, 3.8) is 0 Å². The second-order valence-corrected chi connectivity index (χ2v) is 9.21. The van der Waals surface area contributed by atoms with Gasteiger partial charge in [-0.2, -0.15) is 0 Å². The number of amides is 3. The topological polar surface area (TPSA) is 98.7 Å². The monoisotopic (exact) mass is 569 g/mol. The van der Waals surface area contributed by atoms with Gasteiger partial charge in [-0.3, -0.25) is 14.4 Å². The van der Waals surface area contributed by atoms with Crippen LogP contribution in [0.2, 0.25) is 20.1 Å². The molecule has 3 amide bonds. The highest BCUT2D eigenvalue weighted by molar-refractivity contribution is 6.54. The number of aromatic hydroxyl groups is 1. The van der Waals surface area contributed by atoms with Gasteiger partial charge in [0.15, 0.2) is 0 Å². The molecule has 3 N–H and O–H groups in total. The van der Waals surface area contributed by atoms with Crippen LogP contribution in [0, 0.1) is 0 Å². The smallest absolute Gasteiger partial charge is 0.283 e. The summed E-state index contributed by atoms with van der Waals surface area (Å²) in [7, 11) is 0. The zero-order valence-corrected chi connectivity index (χ0v) is 21.0. The molecule has 7 nitrogen and oxygen atoms in total. The zero-order valence-electron chi connectivity index (χ0n) is 17.2. The van der Waals surface area contributed by atoms with E-state index < -0.39 is 17.7 Å². The van der Waals surface area contributed by atoms with Gasteiger partial charge in [-0.25, -0.2) is 4.90 Å². The van der Waals surface area contributed by atoms with Crippen LogP contribution in [0.3, 0.4) is 0 Å². The minimum Gasteiger partial charge on any atom is -0.506 e. The highest BCUT2D eigenvalue weighted by Crippen LogP contribution is 2.38. The predicted octanol–water partition coefficient (Wildman–Crippen LogP) is 6.69. The molecule has 0 bridgehead atoms. The minimum atomic E-state index is -0.795. The summed E-state index contributed by atoms with van der Waals surface area (Å²) in [6.45, 7) is 0. The summed E-state index contributed by atoms with van der Waals surface area (Å²) in [5, 5.41) is 15.5. The predicted molar refractivity (Wildman–Crippen MR) is 138 cm³/mol. The molecular formula is C23H12Cl5N3O4. The third-order valence-corrected chi connectivity index (χ3v) is 6.49. The fourth-order valence-corrected chi connectivity index (χ4v) is 4.18. The van der Waals surface area contributed by atoms with Crippen molar-refractivity contribution in [2.75, 3.05) is 15.5 Å². The summed E-state index contributed by atoms with van der Waals surface area (Å²) >= 11 is 30.1. The average molecular weight is 572 g/mol. The highest BCUT2D eigenvalue weighted by Gasteiger charge is 2.40. The maximum absolute atomic E-state index is 13.0. The van der Waals surface area contributed by atoms with Crippen LogP contribution in [-0.4, -0.2) is 22.8 Å². The Balaban J connectivity index is 1.52. The number of imide groups is 1. The van der Waals surface area contributed by atoms with Gasteiger partial charge >= 0.3 is 0 Å². The number of hydrogen-bond acceptors (Lipinski definition) is 5. The molecular weight excluding hydrogens is 560 g/mol. The molecule has 35 heavy (non-hydrogen) atoms. The van der Waals surface area contributed by atoms with Crippen LogP contribution in [0.5, 0.6) is 5.75 Å². The van der Waals surface area contributed by atoms with E-state index in [1.54, 1.807) is 0 Å². The van der Waals surface area contributed by atoms with Crippen molar-refractivity contribution in [3.8, 4) is 5.75 Å². The van der Waals surface area contributed by atoms with Crippen molar-refractivity contribution in [2.24, 2.45) is 0 Å². The maximum atomic E-state index is 13.0. The first-order valence-corrected chi connectivity index (χ1v) is 11.6. The fourth-order valence-electron chi connectivity index (χ4n) is 3.17. The van der Waals surface area contributed by atoms with Crippen LogP contribution in [0.15, 0.2) is 65.3 Å². The molecule has 1 heterocycles. The van der Waals surface area contributed by atoms with Crippen LogP contribution >= 0.6 is 58.0 Å². The summed E-state index contributed by atoms with van der Waals surface area (Å²) in [4.78, 5) is 39.0. The molecule has 0 saturated heterocycles. The van der Waals surface area contributed by atoms with E-state index >= 15 is 0 Å². The van der Waals surface area contributed by atoms with E-state index in [9.17, 15) is 19.5 Å². The van der Waals surface area contributed by atoms with Crippen molar-refractivity contribution < 1.29 is 19.5 Å². The number of carbonyl (C=O) groups excluding carboxylic acids is 3. The van der Waals surface area contributed by atoms with Gasteiger partial charge in [0, 0.05) is 16.3 Å². The van der Waals surface area contributed by atoms with Crippen molar-refractivity contribution >= 4 is 92.8 Å². The number of carbonyl (C=O) groups is 3. The second-order valence-electron chi connectivity index (χ2n) is 7.17. The number of rotatable bonds is 5. The number of anilines is 3. The molecule has 0 spiro atoms. The Kier molecular flexibility index (Phi) is 7.17. The number of nitrogens with zero attached hydrogens (tertiary/aromatic N) is 1. The molecule has 3 aromatic carbocycles. The van der Waals surface area contributed by atoms with E-state index in [-0.39, 0.29) is 48.5 Å². The van der Waals surface area contributed by atoms with E-state index in [1.165, 1.54) is 54.6 Å². The molecule has 0 radical (unpaired) electrons. The number of benzene rings is 3. The van der Waals surface area contributed by atoms with Crippen LogP contribution < -0.4 is 15.5 Å². The van der Waals surface area contributed by atoms with Crippen molar-refractivity contribution in [3.05, 3.63) is 91.0 Å². The number of nitrogens with one attached hydrogen (secondary N) is 2. The van der Waals surface area contributed by atoms with Crippen LogP contribution in [0.1, 0.15) is 10.4 Å². The Morgan fingerprint density at radius 1 is 0.800 bits per heavy atom. The van der Waals surface area contributed by atoms with Crippen LogP contribution in [0.25, 0.3) is 0 Å². The molecule has 0 fully saturated rings. The first kappa shape index (κ1) is 25.2. The molecule has 0 atom stereocenters. The molecule has 0 aliphatic carbocycles. The summed E-state index contributed by atoms with van der Waals surface area (Å²) in [6.07, 6.45) is 0. The summed E-state index contributed by atoms with van der Waals surface area (Å²) in [6, 6.07) is 12.8. The van der Waals surface area contributed by atoms with Crippen molar-refractivity contribution in [1.29, 1.82) is 0 Å². The largest absolute Gasteiger partial charge is 0.506 e. The van der Waals surface area contributed by atoms with E-state index in [4.69, 9.17) is 58.0 Å².